The average molecular weight is 288 g/mol. The van der Waals surface area contributed by atoms with Gasteiger partial charge in [-0.15, -0.1) is 0 Å². The number of hydrogen-bond donors (Lipinski definition) is 1. The largest absolute Gasteiger partial charge is 0.455 e. The quantitative estimate of drug-likeness (QED) is 0.819. The van der Waals surface area contributed by atoms with E-state index in [2.05, 4.69) is 5.32 Å². The lowest BCUT2D eigenvalue weighted by Crippen LogP contribution is -2.47. The Labute approximate surface area is 106 Å². The molecule has 1 rings (SSSR count). The van der Waals surface area contributed by atoms with E-state index >= 15 is 0 Å². The summed E-state index contributed by atoms with van der Waals surface area (Å²) >= 11 is 5.57. The molecule has 1 N–H and O–H groups in total. The highest BCUT2D eigenvalue weighted by molar-refractivity contribution is 6.30. The monoisotopic (exact) mass is 287 g/mol. The third-order valence-electron chi connectivity index (χ3n) is 2.35. The molecule has 1 aromatic rings. The topological polar surface area (TPSA) is 12.0 Å². The second-order valence-corrected chi connectivity index (χ2v) is 4.10. The van der Waals surface area contributed by atoms with Crippen molar-refractivity contribution in [1.29, 1.82) is 0 Å². The van der Waals surface area contributed by atoms with E-state index in [9.17, 15) is 22.0 Å². The van der Waals surface area contributed by atoms with E-state index in [4.69, 9.17) is 11.6 Å². The maximum Gasteiger partial charge on any atom is 0.455 e. The second-order valence-electron chi connectivity index (χ2n) is 3.66. The van der Waals surface area contributed by atoms with E-state index in [1.54, 1.807) is 0 Å². The van der Waals surface area contributed by atoms with Crippen molar-refractivity contribution in [2.24, 2.45) is 0 Å². The van der Waals surface area contributed by atoms with Crippen molar-refractivity contribution >= 4 is 11.6 Å². The SMILES string of the molecule is CCNC(c1ccc(Cl)cc1)C(F)(F)C(F)(F)F. The Morgan fingerprint density at radius 1 is 1.11 bits per heavy atom. The van der Waals surface area contributed by atoms with Crippen molar-refractivity contribution in [2.45, 2.75) is 25.1 Å². The highest BCUT2D eigenvalue weighted by Gasteiger charge is 2.62. The molecule has 0 heterocycles. The number of halogens is 6. The number of hydrogen-bond acceptors (Lipinski definition) is 1. The molecule has 0 saturated heterocycles. The summed E-state index contributed by atoms with van der Waals surface area (Å²) in [6.45, 7) is 1.44. The first-order chi connectivity index (χ1) is 8.20. The molecule has 0 radical (unpaired) electrons. The summed E-state index contributed by atoms with van der Waals surface area (Å²) in [5, 5.41) is 2.42. The van der Waals surface area contributed by atoms with E-state index < -0.39 is 18.1 Å². The lowest BCUT2D eigenvalue weighted by Gasteiger charge is -2.29. The molecule has 18 heavy (non-hydrogen) atoms. The second kappa shape index (κ2) is 5.40. The summed E-state index contributed by atoms with van der Waals surface area (Å²) in [7, 11) is 0. The third-order valence-corrected chi connectivity index (χ3v) is 2.60. The van der Waals surface area contributed by atoms with Gasteiger partial charge >= 0.3 is 12.1 Å². The molecule has 7 heteroatoms. The van der Waals surface area contributed by atoms with Gasteiger partial charge in [0.25, 0.3) is 0 Å². The summed E-state index contributed by atoms with van der Waals surface area (Å²) < 4.78 is 63.8. The molecule has 0 spiro atoms. The molecule has 0 saturated carbocycles. The standard InChI is InChI=1S/C11H11ClF5N/c1-2-18-9(10(13,14)11(15,16)17)7-3-5-8(12)6-4-7/h3-6,9,18H,2H2,1H3. The minimum Gasteiger partial charge on any atom is -0.305 e. The molecule has 0 aromatic heterocycles. The smallest absolute Gasteiger partial charge is 0.305 e. The molecule has 0 aliphatic heterocycles. The molecule has 0 aliphatic carbocycles. The summed E-state index contributed by atoms with van der Waals surface area (Å²) in [4.78, 5) is 0. The lowest BCUT2D eigenvalue weighted by molar-refractivity contribution is -0.294. The van der Waals surface area contributed by atoms with E-state index in [1.165, 1.54) is 19.1 Å². The molecule has 1 nitrogen and oxygen atoms in total. The zero-order valence-electron chi connectivity index (χ0n) is 9.36. The maximum absolute atomic E-state index is 13.3. The Morgan fingerprint density at radius 2 is 1.61 bits per heavy atom. The number of rotatable bonds is 4. The lowest BCUT2D eigenvalue weighted by atomic mass is 10.00. The van der Waals surface area contributed by atoms with Crippen LogP contribution < -0.4 is 5.32 Å². The van der Waals surface area contributed by atoms with Gasteiger partial charge in [-0.2, -0.15) is 22.0 Å². The van der Waals surface area contributed by atoms with Crippen LogP contribution in [0.3, 0.4) is 0 Å². The molecule has 0 amide bonds. The van der Waals surface area contributed by atoms with Gasteiger partial charge in [0.1, 0.15) is 6.04 Å². The summed E-state index contributed by atoms with van der Waals surface area (Å²) in [5.74, 6) is -4.85. The van der Waals surface area contributed by atoms with Crippen LogP contribution in [0, 0.1) is 0 Å². The number of benzene rings is 1. The van der Waals surface area contributed by atoms with E-state index in [0.717, 1.165) is 12.1 Å². The van der Waals surface area contributed by atoms with Crippen molar-refractivity contribution in [1.82, 2.24) is 5.32 Å². The Kier molecular flexibility index (Phi) is 4.55. The summed E-state index contributed by atoms with van der Waals surface area (Å²) in [6.07, 6.45) is -5.61. The molecule has 1 aromatic carbocycles. The van der Waals surface area contributed by atoms with Crippen LogP contribution in [-0.2, 0) is 0 Å². The molecule has 0 bridgehead atoms. The number of alkyl halides is 5. The van der Waals surface area contributed by atoms with Gasteiger partial charge in [0.15, 0.2) is 0 Å². The van der Waals surface area contributed by atoms with Crippen LogP contribution in [-0.4, -0.2) is 18.6 Å². The average Bonchev–Trinajstić information content (AvgIpc) is 2.25. The molecule has 0 aliphatic rings. The Morgan fingerprint density at radius 3 is 2.00 bits per heavy atom. The first-order valence-corrected chi connectivity index (χ1v) is 5.51. The molecule has 1 atom stereocenters. The molecular formula is C11H11ClF5N. The Bertz CT molecular complexity index is 387. The van der Waals surface area contributed by atoms with Gasteiger partial charge in [-0.25, -0.2) is 0 Å². The zero-order valence-corrected chi connectivity index (χ0v) is 10.1. The highest BCUT2D eigenvalue weighted by Crippen LogP contribution is 2.44. The van der Waals surface area contributed by atoms with Crippen LogP contribution in [0.25, 0.3) is 0 Å². The first-order valence-electron chi connectivity index (χ1n) is 5.13. The summed E-state index contributed by atoms with van der Waals surface area (Å²) in [6, 6.07) is 2.71. The van der Waals surface area contributed by atoms with Crippen molar-refractivity contribution in [3.63, 3.8) is 0 Å². The van der Waals surface area contributed by atoms with Gasteiger partial charge < -0.3 is 5.32 Å². The van der Waals surface area contributed by atoms with E-state index in [-0.39, 0.29) is 17.1 Å². The van der Waals surface area contributed by atoms with Gasteiger partial charge in [-0.1, -0.05) is 30.7 Å². The van der Waals surface area contributed by atoms with Crippen LogP contribution in [0.1, 0.15) is 18.5 Å². The summed E-state index contributed by atoms with van der Waals surface area (Å²) in [5.41, 5.74) is -0.163. The Balaban J connectivity index is 3.13. The Hall–Kier alpha value is -0.880. The van der Waals surface area contributed by atoms with Crippen molar-refractivity contribution in [3.8, 4) is 0 Å². The van der Waals surface area contributed by atoms with Gasteiger partial charge in [-0.3, -0.25) is 0 Å². The molecule has 0 fully saturated rings. The van der Waals surface area contributed by atoms with E-state index in [1.807, 2.05) is 0 Å². The van der Waals surface area contributed by atoms with Crippen LogP contribution in [0.2, 0.25) is 5.02 Å². The van der Waals surface area contributed by atoms with Gasteiger partial charge in [0.2, 0.25) is 0 Å². The molecule has 102 valence electrons. The third kappa shape index (κ3) is 3.11. The predicted octanol–water partition coefficient (Wildman–Crippen LogP) is 4.19. The minimum atomic E-state index is -5.61. The minimum absolute atomic E-state index is 0.0149. The number of nitrogens with one attached hydrogen (secondary N) is 1. The fourth-order valence-electron chi connectivity index (χ4n) is 1.48. The van der Waals surface area contributed by atoms with Gasteiger partial charge in [-0.05, 0) is 24.2 Å². The maximum atomic E-state index is 13.3. The van der Waals surface area contributed by atoms with Crippen LogP contribution >= 0.6 is 11.6 Å². The molecule has 1 unspecified atom stereocenters. The van der Waals surface area contributed by atoms with Crippen molar-refractivity contribution in [2.75, 3.05) is 6.54 Å². The van der Waals surface area contributed by atoms with Crippen LogP contribution in [0.15, 0.2) is 24.3 Å². The van der Waals surface area contributed by atoms with Crippen molar-refractivity contribution in [3.05, 3.63) is 34.9 Å². The normalized spacial score (nSPS) is 14.6. The van der Waals surface area contributed by atoms with Gasteiger partial charge in [0.05, 0.1) is 0 Å². The first kappa shape index (κ1) is 15.2. The van der Waals surface area contributed by atoms with Crippen LogP contribution in [0.5, 0.6) is 0 Å². The predicted molar refractivity (Wildman–Crippen MR) is 58.9 cm³/mol. The zero-order chi connectivity index (χ0) is 14.0. The highest BCUT2D eigenvalue weighted by atomic mass is 35.5. The van der Waals surface area contributed by atoms with E-state index in [0.29, 0.717) is 0 Å². The van der Waals surface area contributed by atoms with Crippen molar-refractivity contribution < 1.29 is 22.0 Å². The van der Waals surface area contributed by atoms with Crippen LogP contribution in [0.4, 0.5) is 22.0 Å². The van der Waals surface area contributed by atoms with Gasteiger partial charge in [0, 0.05) is 5.02 Å². The fraction of sp³-hybridized carbons (Fsp3) is 0.455. The molecular weight excluding hydrogens is 277 g/mol. The fourth-order valence-corrected chi connectivity index (χ4v) is 1.60.